The average Bonchev–Trinajstić information content (AvgIpc) is 2.56. The van der Waals surface area contributed by atoms with E-state index in [1.807, 2.05) is 6.07 Å². The molecule has 0 spiro atoms. The molecule has 0 atom stereocenters. The lowest BCUT2D eigenvalue weighted by atomic mass is 10.2. The van der Waals surface area contributed by atoms with Crippen molar-refractivity contribution in [2.45, 2.75) is 0 Å². The number of methoxy groups -OCH3 is 1. The zero-order valence-electron chi connectivity index (χ0n) is 12.3. The van der Waals surface area contributed by atoms with Crippen molar-refractivity contribution < 1.29 is 9.53 Å². The zero-order chi connectivity index (χ0) is 16.7. The van der Waals surface area contributed by atoms with Gasteiger partial charge in [-0.05, 0) is 42.5 Å². The number of nitriles is 1. The topological polar surface area (TPSA) is 74.1 Å². The number of nitrogens with zero attached hydrogens (tertiary/aromatic N) is 1. The van der Waals surface area contributed by atoms with Gasteiger partial charge in [0.25, 0.3) is 5.91 Å². The molecule has 0 aliphatic carbocycles. The normalized spacial score (nSPS) is 10.6. The number of rotatable bonds is 5. The Morgan fingerprint density at radius 1 is 1.22 bits per heavy atom. The number of anilines is 2. The van der Waals surface area contributed by atoms with Crippen LogP contribution in [-0.2, 0) is 4.79 Å². The number of benzene rings is 2. The van der Waals surface area contributed by atoms with Gasteiger partial charge in [0, 0.05) is 22.6 Å². The number of halogens is 1. The van der Waals surface area contributed by atoms with Gasteiger partial charge in [-0.1, -0.05) is 17.7 Å². The molecule has 0 radical (unpaired) electrons. The summed E-state index contributed by atoms with van der Waals surface area (Å²) in [6.07, 6.45) is 1.34. The van der Waals surface area contributed by atoms with E-state index in [9.17, 15) is 4.79 Å². The van der Waals surface area contributed by atoms with Crippen LogP contribution in [0.15, 0.2) is 60.3 Å². The molecule has 116 valence electrons. The van der Waals surface area contributed by atoms with E-state index in [0.29, 0.717) is 22.1 Å². The van der Waals surface area contributed by atoms with Crippen LogP contribution in [0.3, 0.4) is 0 Å². The Kier molecular flexibility index (Phi) is 5.61. The largest absolute Gasteiger partial charge is 0.497 e. The molecule has 0 unspecified atom stereocenters. The maximum Gasteiger partial charge on any atom is 0.267 e. The smallest absolute Gasteiger partial charge is 0.267 e. The molecule has 0 heterocycles. The summed E-state index contributed by atoms with van der Waals surface area (Å²) in [5.74, 6) is 0.175. The Balaban J connectivity index is 2.05. The number of carbonyl (C=O) groups excluding carboxylic acids is 1. The molecule has 0 saturated heterocycles. The quantitative estimate of drug-likeness (QED) is 0.647. The van der Waals surface area contributed by atoms with Crippen molar-refractivity contribution in [3.63, 3.8) is 0 Å². The second-order valence-corrected chi connectivity index (χ2v) is 4.94. The van der Waals surface area contributed by atoms with Gasteiger partial charge in [0.2, 0.25) is 0 Å². The molecule has 23 heavy (non-hydrogen) atoms. The Morgan fingerprint density at radius 3 is 2.57 bits per heavy atom. The molecule has 0 aromatic heterocycles. The second-order valence-electron chi connectivity index (χ2n) is 4.51. The van der Waals surface area contributed by atoms with Crippen LogP contribution in [-0.4, -0.2) is 13.0 Å². The highest BCUT2D eigenvalue weighted by atomic mass is 35.5. The third-order valence-electron chi connectivity index (χ3n) is 2.92. The van der Waals surface area contributed by atoms with Crippen LogP contribution in [0.25, 0.3) is 0 Å². The molecular weight excluding hydrogens is 314 g/mol. The van der Waals surface area contributed by atoms with Gasteiger partial charge in [-0.25, -0.2) is 0 Å². The predicted molar refractivity (Wildman–Crippen MR) is 90.4 cm³/mol. The maximum absolute atomic E-state index is 12.1. The van der Waals surface area contributed by atoms with Crippen LogP contribution in [0.1, 0.15) is 0 Å². The van der Waals surface area contributed by atoms with E-state index >= 15 is 0 Å². The molecule has 0 saturated carbocycles. The molecule has 0 aliphatic heterocycles. The number of carbonyl (C=O) groups is 1. The van der Waals surface area contributed by atoms with Crippen LogP contribution in [0.2, 0.25) is 5.02 Å². The first-order valence-corrected chi connectivity index (χ1v) is 7.08. The van der Waals surface area contributed by atoms with Gasteiger partial charge in [0.05, 0.1) is 7.11 Å². The number of amides is 1. The first-order chi connectivity index (χ1) is 11.1. The van der Waals surface area contributed by atoms with Gasteiger partial charge in [0.15, 0.2) is 0 Å². The highest BCUT2D eigenvalue weighted by Crippen LogP contribution is 2.17. The molecule has 2 N–H and O–H groups in total. The van der Waals surface area contributed by atoms with E-state index in [1.54, 1.807) is 55.6 Å². The maximum atomic E-state index is 12.1. The minimum absolute atomic E-state index is 0.0548. The minimum atomic E-state index is -0.507. The lowest BCUT2D eigenvalue weighted by Crippen LogP contribution is -2.14. The Labute approximate surface area is 139 Å². The van der Waals surface area contributed by atoms with Gasteiger partial charge < -0.3 is 15.4 Å². The number of hydrogen-bond acceptors (Lipinski definition) is 4. The highest BCUT2D eigenvalue weighted by Gasteiger charge is 2.09. The van der Waals surface area contributed by atoms with Crippen LogP contribution in [0.5, 0.6) is 5.75 Å². The highest BCUT2D eigenvalue weighted by molar-refractivity contribution is 6.30. The first kappa shape index (κ1) is 16.4. The molecule has 6 heteroatoms. The fraction of sp³-hybridized carbons (Fsp3) is 0.0588. The summed E-state index contributed by atoms with van der Waals surface area (Å²) in [4.78, 5) is 12.1. The SMILES string of the molecule is COc1ccc(NC(=O)C(C#N)=CNc2cccc(Cl)c2)cc1. The van der Waals surface area contributed by atoms with E-state index in [4.69, 9.17) is 21.6 Å². The van der Waals surface area contributed by atoms with E-state index in [1.165, 1.54) is 6.20 Å². The van der Waals surface area contributed by atoms with Gasteiger partial charge in [-0.15, -0.1) is 0 Å². The van der Waals surface area contributed by atoms with Crippen LogP contribution >= 0.6 is 11.6 Å². The van der Waals surface area contributed by atoms with Crippen molar-refractivity contribution >= 4 is 28.9 Å². The second kappa shape index (κ2) is 7.87. The predicted octanol–water partition coefficient (Wildman–Crippen LogP) is 3.81. The molecule has 2 aromatic rings. The molecule has 5 nitrogen and oxygen atoms in total. The number of hydrogen-bond donors (Lipinski definition) is 2. The lowest BCUT2D eigenvalue weighted by Gasteiger charge is -2.06. The fourth-order valence-corrected chi connectivity index (χ4v) is 1.95. The molecule has 0 aliphatic rings. The number of nitrogens with one attached hydrogen (secondary N) is 2. The van der Waals surface area contributed by atoms with Crippen LogP contribution < -0.4 is 15.4 Å². The third-order valence-corrected chi connectivity index (χ3v) is 3.16. The van der Waals surface area contributed by atoms with Crippen LogP contribution in [0.4, 0.5) is 11.4 Å². The molecule has 0 bridgehead atoms. The molecule has 2 rings (SSSR count). The lowest BCUT2D eigenvalue weighted by molar-refractivity contribution is -0.112. The minimum Gasteiger partial charge on any atom is -0.497 e. The van der Waals surface area contributed by atoms with Gasteiger partial charge in [-0.3, -0.25) is 4.79 Å². The van der Waals surface area contributed by atoms with E-state index in [0.717, 1.165) is 0 Å². The fourth-order valence-electron chi connectivity index (χ4n) is 1.76. The summed E-state index contributed by atoms with van der Waals surface area (Å²) in [5, 5.41) is 15.2. The Morgan fingerprint density at radius 2 is 1.96 bits per heavy atom. The summed E-state index contributed by atoms with van der Waals surface area (Å²) >= 11 is 5.87. The summed E-state index contributed by atoms with van der Waals surface area (Å²) in [6, 6.07) is 15.6. The van der Waals surface area contributed by atoms with Crippen LogP contribution in [0, 0.1) is 11.3 Å². The molecule has 1 amide bonds. The van der Waals surface area contributed by atoms with E-state index in [2.05, 4.69) is 10.6 Å². The Hall–Kier alpha value is -2.97. The zero-order valence-corrected chi connectivity index (χ0v) is 13.1. The standard InChI is InChI=1S/C17H14ClN3O2/c1-23-16-7-5-14(6-8-16)21-17(22)12(10-19)11-20-15-4-2-3-13(18)9-15/h2-9,11,20H,1H3,(H,21,22). The van der Waals surface area contributed by atoms with Crippen molar-refractivity contribution in [1.82, 2.24) is 0 Å². The number of ether oxygens (including phenoxy) is 1. The molecular formula is C17H14ClN3O2. The summed E-state index contributed by atoms with van der Waals surface area (Å²) in [7, 11) is 1.56. The van der Waals surface area contributed by atoms with E-state index < -0.39 is 5.91 Å². The van der Waals surface area contributed by atoms with Crippen molar-refractivity contribution in [3.8, 4) is 11.8 Å². The summed E-state index contributed by atoms with van der Waals surface area (Å²) < 4.78 is 5.04. The monoisotopic (exact) mass is 327 g/mol. The molecule has 0 fully saturated rings. The van der Waals surface area contributed by atoms with Crippen molar-refractivity contribution in [2.24, 2.45) is 0 Å². The summed E-state index contributed by atoms with van der Waals surface area (Å²) in [6.45, 7) is 0. The summed E-state index contributed by atoms with van der Waals surface area (Å²) in [5.41, 5.74) is 1.20. The van der Waals surface area contributed by atoms with E-state index in [-0.39, 0.29) is 5.57 Å². The van der Waals surface area contributed by atoms with Crippen molar-refractivity contribution in [3.05, 3.63) is 65.3 Å². The van der Waals surface area contributed by atoms with Gasteiger partial charge in [-0.2, -0.15) is 5.26 Å². The van der Waals surface area contributed by atoms with Crippen molar-refractivity contribution in [2.75, 3.05) is 17.7 Å². The average molecular weight is 328 g/mol. The van der Waals surface area contributed by atoms with Crippen molar-refractivity contribution in [1.29, 1.82) is 5.26 Å². The van der Waals surface area contributed by atoms with Gasteiger partial charge in [0.1, 0.15) is 17.4 Å². The first-order valence-electron chi connectivity index (χ1n) is 6.70. The third kappa shape index (κ3) is 4.77. The molecule has 2 aromatic carbocycles. The Bertz CT molecular complexity index is 764. The van der Waals surface area contributed by atoms with Gasteiger partial charge >= 0.3 is 0 Å².